The lowest BCUT2D eigenvalue weighted by molar-refractivity contribution is -0.154. The number of hydrogen-bond donors (Lipinski definition) is 1. The number of methoxy groups -OCH3 is 1. The molecular weight excluding hydrogens is 619 g/mol. The van der Waals surface area contributed by atoms with Crippen LogP contribution in [0.4, 0.5) is 15.0 Å². The standard InChI is InChI=1S/C32H40ClFN4O6Si/c1-9-12-32(29(40)42-5)23-11-10-20(34)15-22(23)28(39)38(32)18-21-16-25-27(37(21)19-43-13-14-45(6,7)8)24(33)17-26(35-25)36-30(41)44-31(2,3)4/h9-11,15-17H,1,12-14,18-19H2,2-8H3,(H,35,36,41)/t32-/m0/s1. The molecule has 10 nitrogen and oxygen atoms in total. The molecule has 2 aromatic heterocycles. The first-order chi connectivity index (χ1) is 21.0. The lowest BCUT2D eigenvalue weighted by atomic mass is 9.86. The van der Waals surface area contributed by atoms with Crippen LogP contribution in [0, 0.1) is 5.82 Å². The number of amides is 2. The van der Waals surface area contributed by atoms with Gasteiger partial charge < -0.3 is 23.7 Å². The number of anilines is 1. The Kier molecular flexibility index (Phi) is 9.81. The maximum Gasteiger partial charge on any atom is 0.413 e. The van der Waals surface area contributed by atoms with Gasteiger partial charge in [-0.3, -0.25) is 10.1 Å². The molecule has 1 N–H and O–H groups in total. The van der Waals surface area contributed by atoms with E-state index in [2.05, 4.69) is 36.5 Å². The summed E-state index contributed by atoms with van der Waals surface area (Å²) in [7, 11) is -0.152. The number of carbonyl (C=O) groups excluding carboxylic acids is 3. The van der Waals surface area contributed by atoms with E-state index in [9.17, 15) is 18.8 Å². The fourth-order valence-corrected chi connectivity index (χ4v) is 6.40. The van der Waals surface area contributed by atoms with Crippen LogP contribution in [0.2, 0.25) is 30.7 Å². The predicted octanol–water partition coefficient (Wildman–Crippen LogP) is 7.09. The average Bonchev–Trinajstić information content (AvgIpc) is 3.38. The van der Waals surface area contributed by atoms with Gasteiger partial charge in [-0.05, 0) is 45.0 Å². The lowest BCUT2D eigenvalue weighted by Gasteiger charge is -2.36. The number of halogens is 2. The molecule has 1 aliphatic heterocycles. The van der Waals surface area contributed by atoms with Gasteiger partial charge in [0, 0.05) is 44.0 Å². The molecule has 2 amide bonds. The number of nitrogens with zero attached hydrogens (tertiary/aromatic N) is 3. The molecule has 3 aromatic rings. The molecule has 1 aromatic carbocycles. The SMILES string of the molecule is C=CC[C@@]1(C(=O)OC)c2ccc(F)cc2C(=O)N1Cc1cc2nc(NC(=O)OC(C)(C)C)cc(Cl)c2n1COCC[Si](C)(C)C. The number of rotatable bonds is 11. The fourth-order valence-electron chi connectivity index (χ4n) is 5.35. The highest BCUT2D eigenvalue weighted by molar-refractivity contribution is 6.76. The van der Waals surface area contributed by atoms with Crippen molar-refractivity contribution in [3.05, 3.63) is 70.6 Å². The summed E-state index contributed by atoms with van der Waals surface area (Å²) in [6.45, 7) is 16.3. The highest BCUT2D eigenvalue weighted by atomic mass is 35.5. The van der Waals surface area contributed by atoms with Crippen molar-refractivity contribution in [2.24, 2.45) is 0 Å². The zero-order valence-corrected chi connectivity index (χ0v) is 28.5. The van der Waals surface area contributed by atoms with Gasteiger partial charge in [0.2, 0.25) is 0 Å². The van der Waals surface area contributed by atoms with E-state index >= 15 is 0 Å². The Morgan fingerprint density at radius 3 is 2.53 bits per heavy atom. The first-order valence-electron chi connectivity index (χ1n) is 14.6. The zero-order chi connectivity index (χ0) is 33.3. The molecule has 45 heavy (non-hydrogen) atoms. The molecule has 0 aliphatic carbocycles. The smallest absolute Gasteiger partial charge is 0.413 e. The summed E-state index contributed by atoms with van der Waals surface area (Å²) >= 11 is 6.79. The second-order valence-electron chi connectivity index (χ2n) is 13.2. The largest absolute Gasteiger partial charge is 0.467 e. The van der Waals surface area contributed by atoms with Crippen LogP contribution in [0.15, 0.2) is 43.0 Å². The number of ether oxygens (including phenoxy) is 3. The minimum atomic E-state index is -1.59. The van der Waals surface area contributed by atoms with E-state index in [0.29, 0.717) is 28.9 Å². The Bertz CT molecular complexity index is 1650. The summed E-state index contributed by atoms with van der Waals surface area (Å²) in [6, 6.07) is 7.92. The van der Waals surface area contributed by atoms with Crippen molar-refractivity contribution in [3.63, 3.8) is 0 Å². The summed E-state index contributed by atoms with van der Waals surface area (Å²) in [5.74, 6) is -1.66. The number of hydrogen-bond acceptors (Lipinski definition) is 7. The van der Waals surface area contributed by atoms with Crippen molar-refractivity contribution < 1.29 is 33.0 Å². The van der Waals surface area contributed by atoms with Gasteiger partial charge in [-0.15, -0.1) is 6.58 Å². The molecule has 1 atom stereocenters. The molecule has 0 saturated carbocycles. The lowest BCUT2D eigenvalue weighted by Crippen LogP contribution is -2.50. The molecule has 0 radical (unpaired) electrons. The molecular formula is C32H40ClFN4O6Si. The molecule has 4 rings (SSSR count). The fraction of sp³-hybridized carbons (Fsp3) is 0.438. The number of aromatic nitrogens is 2. The second-order valence-corrected chi connectivity index (χ2v) is 19.2. The van der Waals surface area contributed by atoms with E-state index in [-0.39, 0.29) is 36.1 Å². The molecule has 0 unspecified atom stereocenters. The van der Waals surface area contributed by atoms with Crippen LogP contribution < -0.4 is 5.32 Å². The van der Waals surface area contributed by atoms with Crippen molar-refractivity contribution in [3.8, 4) is 0 Å². The number of nitrogens with one attached hydrogen (secondary N) is 1. The summed E-state index contributed by atoms with van der Waals surface area (Å²) in [4.78, 5) is 45.8. The van der Waals surface area contributed by atoms with Gasteiger partial charge >= 0.3 is 12.1 Å². The first-order valence-corrected chi connectivity index (χ1v) is 18.7. The van der Waals surface area contributed by atoms with E-state index < -0.39 is 43.0 Å². The van der Waals surface area contributed by atoms with Gasteiger partial charge in [0.25, 0.3) is 5.91 Å². The summed E-state index contributed by atoms with van der Waals surface area (Å²) in [6.07, 6.45) is 0.859. The van der Waals surface area contributed by atoms with E-state index in [1.54, 1.807) is 31.4 Å². The maximum atomic E-state index is 14.3. The topological polar surface area (TPSA) is 112 Å². The molecule has 0 spiro atoms. The number of esters is 1. The van der Waals surface area contributed by atoms with Crippen molar-refractivity contribution in [1.82, 2.24) is 14.5 Å². The Balaban J connectivity index is 1.82. The molecule has 3 heterocycles. The van der Waals surface area contributed by atoms with Crippen LogP contribution in [-0.2, 0) is 37.8 Å². The molecule has 13 heteroatoms. The van der Waals surface area contributed by atoms with Crippen molar-refractivity contribution in [2.45, 2.75) is 77.3 Å². The van der Waals surface area contributed by atoms with E-state index in [1.807, 2.05) is 0 Å². The van der Waals surface area contributed by atoms with E-state index in [1.165, 1.54) is 36.3 Å². The van der Waals surface area contributed by atoms with Gasteiger partial charge in [-0.2, -0.15) is 0 Å². The van der Waals surface area contributed by atoms with Crippen LogP contribution in [0.1, 0.15) is 48.8 Å². The van der Waals surface area contributed by atoms with Gasteiger partial charge in [0.05, 0.1) is 29.7 Å². The van der Waals surface area contributed by atoms with Gasteiger partial charge in [0.1, 0.15) is 24.0 Å². The highest BCUT2D eigenvalue weighted by Gasteiger charge is 2.55. The van der Waals surface area contributed by atoms with Crippen LogP contribution in [0.3, 0.4) is 0 Å². The van der Waals surface area contributed by atoms with Crippen LogP contribution >= 0.6 is 11.6 Å². The Hall–Kier alpha value is -3.74. The minimum Gasteiger partial charge on any atom is -0.467 e. The maximum absolute atomic E-state index is 14.3. The zero-order valence-electron chi connectivity index (χ0n) is 26.8. The predicted molar refractivity (Wildman–Crippen MR) is 173 cm³/mol. The van der Waals surface area contributed by atoms with Gasteiger partial charge in [0.15, 0.2) is 5.54 Å². The third-order valence-electron chi connectivity index (χ3n) is 7.39. The summed E-state index contributed by atoms with van der Waals surface area (Å²) < 4.78 is 32.8. The minimum absolute atomic E-state index is 0.0277. The molecule has 0 saturated heterocycles. The van der Waals surface area contributed by atoms with E-state index in [0.717, 1.165) is 12.1 Å². The molecule has 1 aliphatic rings. The average molecular weight is 659 g/mol. The van der Waals surface area contributed by atoms with Gasteiger partial charge in [-0.1, -0.05) is 43.4 Å². The van der Waals surface area contributed by atoms with E-state index in [4.69, 9.17) is 25.8 Å². The van der Waals surface area contributed by atoms with Crippen LogP contribution in [0.5, 0.6) is 0 Å². The second kappa shape index (κ2) is 12.9. The van der Waals surface area contributed by atoms with Crippen LogP contribution in [0.25, 0.3) is 11.0 Å². The Labute approximate surface area is 268 Å². The third-order valence-corrected chi connectivity index (χ3v) is 9.38. The number of pyridine rings is 1. The van der Waals surface area contributed by atoms with Crippen LogP contribution in [-0.4, -0.2) is 59.8 Å². The molecule has 0 bridgehead atoms. The highest BCUT2D eigenvalue weighted by Crippen LogP contribution is 2.45. The van der Waals surface area contributed by atoms with Crippen molar-refractivity contribution in [2.75, 3.05) is 19.0 Å². The molecule has 0 fully saturated rings. The quantitative estimate of drug-likeness (QED) is 0.101. The first kappa shape index (κ1) is 34.1. The monoisotopic (exact) mass is 658 g/mol. The number of carbonyl (C=O) groups is 3. The van der Waals surface area contributed by atoms with Gasteiger partial charge in [-0.25, -0.2) is 19.0 Å². The molecule has 242 valence electrons. The normalized spacial score (nSPS) is 16.6. The summed E-state index contributed by atoms with van der Waals surface area (Å²) in [5.41, 5.74) is -0.442. The van der Waals surface area contributed by atoms with Crippen molar-refractivity contribution in [1.29, 1.82) is 0 Å². The third kappa shape index (κ3) is 7.23. The number of benzene rings is 1. The Morgan fingerprint density at radius 1 is 1.20 bits per heavy atom. The van der Waals surface area contributed by atoms with Crippen molar-refractivity contribution >= 4 is 54.5 Å². The number of fused-ring (bicyclic) bond motifs is 2. The summed E-state index contributed by atoms with van der Waals surface area (Å²) in [5, 5.41) is 2.89. The Morgan fingerprint density at radius 2 is 1.91 bits per heavy atom.